The molecule has 4 nitrogen and oxygen atoms in total. The molecule has 0 aliphatic carbocycles. The Morgan fingerprint density at radius 1 is 1.38 bits per heavy atom. The van der Waals surface area contributed by atoms with E-state index >= 15 is 0 Å². The summed E-state index contributed by atoms with van der Waals surface area (Å²) in [5, 5.41) is 18.3. The first-order valence-electron chi connectivity index (χ1n) is 5.68. The van der Waals surface area contributed by atoms with Crippen LogP contribution in [0.5, 0.6) is 0 Å². The maximum Gasteiger partial charge on any atom is 0.128 e. The summed E-state index contributed by atoms with van der Waals surface area (Å²) in [5.41, 5.74) is 0.809. The van der Waals surface area contributed by atoms with Gasteiger partial charge in [-0.25, -0.2) is 4.98 Å². The third-order valence-corrected chi connectivity index (χ3v) is 2.44. The van der Waals surface area contributed by atoms with Gasteiger partial charge in [0.05, 0.1) is 12.7 Å². The minimum absolute atomic E-state index is 0.125. The zero-order valence-corrected chi connectivity index (χ0v) is 9.93. The standard InChI is InChI=1S/C12H20N2O2/c1-3-6-14(7-8-15)12-5-4-11(9-13-12)10(2)16/h4-5,9-10,15-16H,3,6-8H2,1-2H3/t10-/m1/s1. The summed E-state index contributed by atoms with van der Waals surface area (Å²) >= 11 is 0. The highest BCUT2D eigenvalue weighted by atomic mass is 16.3. The van der Waals surface area contributed by atoms with Crippen molar-refractivity contribution in [2.45, 2.75) is 26.4 Å². The largest absolute Gasteiger partial charge is 0.395 e. The Kier molecular flexibility index (Phi) is 5.22. The molecule has 1 aromatic heterocycles. The molecule has 1 aromatic rings. The lowest BCUT2D eigenvalue weighted by molar-refractivity contribution is 0.199. The van der Waals surface area contributed by atoms with Crippen LogP contribution in [0.4, 0.5) is 5.82 Å². The fourth-order valence-electron chi connectivity index (χ4n) is 1.56. The molecule has 1 rings (SSSR count). The molecular weight excluding hydrogens is 204 g/mol. The minimum Gasteiger partial charge on any atom is -0.395 e. The van der Waals surface area contributed by atoms with Gasteiger partial charge < -0.3 is 15.1 Å². The van der Waals surface area contributed by atoms with Crippen molar-refractivity contribution in [1.29, 1.82) is 0 Å². The second-order valence-electron chi connectivity index (χ2n) is 3.84. The Balaban J connectivity index is 2.76. The molecule has 0 aliphatic rings. The van der Waals surface area contributed by atoms with Crippen LogP contribution in [-0.4, -0.2) is 34.9 Å². The van der Waals surface area contributed by atoms with E-state index in [1.165, 1.54) is 0 Å². The molecule has 0 saturated carbocycles. The van der Waals surface area contributed by atoms with Crippen molar-refractivity contribution in [2.75, 3.05) is 24.6 Å². The molecular formula is C12H20N2O2. The Morgan fingerprint density at radius 3 is 2.56 bits per heavy atom. The van der Waals surface area contributed by atoms with Gasteiger partial charge in [0.15, 0.2) is 0 Å². The Hall–Kier alpha value is -1.13. The monoisotopic (exact) mass is 224 g/mol. The van der Waals surface area contributed by atoms with Crippen molar-refractivity contribution >= 4 is 5.82 Å². The first-order chi connectivity index (χ1) is 7.69. The van der Waals surface area contributed by atoms with E-state index in [0.29, 0.717) is 6.54 Å². The van der Waals surface area contributed by atoms with Crippen molar-refractivity contribution in [3.63, 3.8) is 0 Å². The molecule has 0 aromatic carbocycles. The lowest BCUT2D eigenvalue weighted by atomic mass is 10.2. The normalized spacial score (nSPS) is 12.5. The van der Waals surface area contributed by atoms with Crippen LogP contribution in [0, 0.1) is 0 Å². The molecule has 0 saturated heterocycles. The molecule has 90 valence electrons. The average molecular weight is 224 g/mol. The van der Waals surface area contributed by atoms with E-state index in [9.17, 15) is 5.11 Å². The molecule has 0 aliphatic heterocycles. The van der Waals surface area contributed by atoms with Gasteiger partial charge in [-0.2, -0.15) is 0 Å². The molecule has 16 heavy (non-hydrogen) atoms. The topological polar surface area (TPSA) is 56.6 Å². The maximum absolute atomic E-state index is 9.37. The first kappa shape index (κ1) is 12.9. The number of hydrogen-bond donors (Lipinski definition) is 2. The molecule has 1 heterocycles. The third kappa shape index (κ3) is 3.47. The number of aliphatic hydroxyl groups is 2. The van der Waals surface area contributed by atoms with E-state index in [1.807, 2.05) is 17.0 Å². The molecule has 0 radical (unpaired) electrons. The van der Waals surface area contributed by atoms with Crippen molar-refractivity contribution in [3.8, 4) is 0 Å². The molecule has 1 atom stereocenters. The van der Waals surface area contributed by atoms with Gasteiger partial charge in [0.25, 0.3) is 0 Å². The second-order valence-corrected chi connectivity index (χ2v) is 3.84. The van der Waals surface area contributed by atoms with E-state index in [-0.39, 0.29) is 6.61 Å². The third-order valence-electron chi connectivity index (χ3n) is 2.44. The number of anilines is 1. The number of aromatic nitrogens is 1. The predicted molar refractivity (Wildman–Crippen MR) is 64.5 cm³/mol. The van der Waals surface area contributed by atoms with E-state index in [4.69, 9.17) is 5.11 Å². The lowest BCUT2D eigenvalue weighted by Gasteiger charge is -2.22. The quantitative estimate of drug-likeness (QED) is 0.765. The van der Waals surface area contributed by atoms with Crippen LogP contribution in [0.2, 0.25) is 0 Å². The van der Waals surface area contributed by atoms with Gasteiger partial charge in [-0.15, -0.1) is 0 Å². The van der Waals surface area contributed by atoms with E-state index in [1.54, 1.807) is 13.1 Å². The highest BCUT2D eigenvalue weighted by Gasteiger charge is 2.07. The van der Waals surface area contributed by atoms with Crippen LogP contribution in [0.15, 0.2) is 18.3 Å². The van der Waals surface area contributed by atoms with Gasteiger partial charge in [0.1, 0.15) is 5.82 Å². The fourth-order valence-corrected chi connectivity index (χ4v) is 1.56. The molecule has 0 bridgehead atoms. The molecule has 0 amide bonds. The van der Waals surface area contributed by atoms with Crippen LogP contribution in [0.25, 0.3) is 0 Å². The van der Waals surface area contributed by atoms with Crippen molar-refractivity contribution < 1.29 is 10.2 Å². The SMILES string of the molecule is CCCN(CCO)c1ccc([C@@H](C)O)cn1. The van der Waals surface area contributed by atoms with E-state index in [2.05, 4.69) is 11.9 Å². The highest BCUT2D eigenvalue weighted by Crippen LogP contribution is 2.15. The summed E-state index contributed by atoms with van der Waals surface area (Å²) in [4.78, 5) is 6.33. The second kappa shape index (κ2) is 6.45. The summed E-state index contributed by atoms with van der Waals surface area (Å²) in [5.74, 6) is 0.848. The maximum atomic E-state index is 9.37. The van der Waals surface area contributed by atoms with Gasteiger partial charge in [0.2, 0.25) is 0 Å². The summed E-state index contributed by atoms with van der Waals surface area (Å²) in [7, 11) is 0. The number of pyridine rings is 1. The molecule has 0 spiro atoms. The van der Waals surface area contributed by atoms with Gasteiger partial charge in [-0.1, -0.05) is 13.0 Å². The summed E-state index contributed by atoms with van der Waals surface area (Å²) in [6, 6.07) is 3.75. The van der Waals surface area contributed by atoms with Crippen molar-refractivity contribution in [3.05, 3.63) is 23.9 Å². The van der Waals surface area contributed by atoms with Crippen molar-refractivity contribution in [2.24, 2.45) is 0 Å². The summed E-state index contributed by atoms with van der Waals surface area (Å²) in [6.45, 7) is 5.40. The number of aliphatic hydroxyl groups excluding tert-OH is 2. The predicted octanol–water partition coefficient (Wildman–Crippen LogP) is 1.34. The molecule has 2 N–H and O–H groups in total. The summed E-state index contributed by atoms with van der Waals surface area (Å²) < 4.78 is 0. The molecule has 0 fully saturated rings. The van der Waals surface area contributed by atoms with Crippen LogP contribution in [0.1, 0.15) is 31.9 Å². The Bertz CT molecular complexity index is 292. The smallest absolute Gasteiger partial charge is 0.128 e. The zero-order valence-electron chi connectivity index (χ0n) is 9.93. The summed E-state index contributed by atoms with van der Waals surface area (Å²) in [6.07, 6.45) is 2.21. The van der Waals surface area contributed by atoms with E-state index in [0.717, 1.165) is 24.3 Å². The van der Waals surface area contributed by atoms with Crippen LogP contribution in [-0.2, 0) is 0 Å². The van der Waals surface area contributed by atoms with Crippen molar-refractivity contribution in [1.82, 2.24) is 4.98 Å². The number of nitrogens with zero attached hydrogens (tertiary/aromatic N) is 2. The molecule has 0 unspecified atom stereocenters. The fraction of sp³-hybridized carbons (Fsp3) is 0.583. The Morgan fingerprint density at radius 2 is 2.12 bits per heavy atom. The molecule has 4 heteroatoms. The number of hydrogen-bond acceptors (Lipinski definition) is 4. The number of rotatable bonds is 6. The first-order valence-corrected chi connectivity index (χ1v) is 5.68. The average Bonchev–Trinajstić information content (AvgIpc) is 2.29. The van der Waals surface area contributed by atoms with E-state index < -0.39 is 6.10 Å². The lowest BCUT2D eigenvalue weighted by Crippen LogP contribution is -2.28. The van der Waals surface area contributed by atoms with Gasteiger partial charge in [-0.05, 0) is 25.0 Å². The van der Waals surface area contributed by atoms with Crippen LogP contribution < -0.4 is 4.90 Å². The highest BCUT2D eigenvalue weighted by molar-refractivity contribution is 5.39. The van der Waals surface area contributed by atoms with Gasteiger partial charge in [-0.3, -0.25) is 0 Å². The van der Waals surface area contributed by atoms with Gasteiger partial charge in [0, 0.05) is 19.3 Å². The minimum atomic E-state index is -0.487. The Labute approximate surface area is 96.6 Å². The van der Waals surface area contributed by atoms with Gasteiger partial charge >= 0.3 is 0 Å². The zero-order chi connectivity index (χ0) is 12.0. The van der Waals surface area contributed by atoms with Crippen LogP contribution >= 0.6 is 0 Å². The van der Waals surface area contributed by atoms with Crippen LogP contribution in [0.3, 0.4) is 0 Å².